The van der Waals surface area contributed by atoms with E-state index in [1.165, 1.54) is 6.08 Å². The van der Waals surface area contributed by atoms with Gasteiger partial charge in [-0.1, -0.05) is 19.1 Å². The maximum Gasteiger partial charge on any atom is 0.242 e. The predicted octanol–water partition coefficient (Wildman–Crippen LogP) is 2.61. The predicted molar refractivity (Wildman–Crippen MR) is 30.1 cm³/mol. The van der Waals surface area contributed by atoms with Crippen molar-refractivity contribution in [1.29, 1.82) is 0 Å². The first-order chi connectivity index (χ1) is 3.77. The summed E-state index contributed by atoms with van der Waals surface area (Å²) < 4.78 is 22.6. The number of hydrogen-bond acceptors (Lipinski definition) is 0. The molecule has 0 nitrogen and oxygen atoms in total. The molecule has 0 N–H and O–H groups in total. The van der Waals surface area contributed by atoms with Crippen LogP contribution in [0, 0.1) is 0 Å². The topological polar surface area (TPSA) is 0 Å². The van der Waals surface area contributed by atoms with Crippen molar-refractivity contribution in [1.82, 2.24) is 0 Å². The molecule has 8 heavy (non-hydrogen) atoms. The fourth-order valence-electron chi connectivity index (χ4n) is 0.366. The lowest BCUT2D eigenvalue weighted by Gasteiger charge is -1.87. The number of rotatable bonds is 3. The molecule has 0 spiro atoms. The molecule has 0 aromatic heterocycles. The zero-order valence-electron chi connectivity index (χ0n) is 4.90. The molecule has 48 valence electrons. The molecule has 0 atom stereocenters. The second-order valence-corrected chi connectivity index (χ2v) is 1.51. The van der Waals surface area contributed by atoms with E-state index in [9.17, 15) is 8.78 Å². The molecule has 0 heterocycles. The van der Waals surface area contributed by atoms with E-state index in [0.717, 1.165) is 6.42 Å². The number of hydrogen-bond donors (Lipinski definition) is 0. The Labute approximate surface area is 48.2 Å². The Hall–Kier alpha value is -0.400. The second-order valence-electron chi connectivity index (χ2n) is 1.51. The van der Waals surface area contributed by atoms with Gasteiger partial charge in [0.15, 0.2) is 0 Å². The molecular formula is C6H10F2. The van der Waals surface area contributed by atoms with Crippen molar-refractivity contribution < 1.29 is 8.78 Å². The van der Waals surface area contributed by atoms with Crippen LogP contribution < -0.4 is 0 Å². The average molecular weight is 120 g/mol. The number of alkyl halides is 2. The molecule has 0 aliphatic heterocycles. The fraction of sp³-hybridized carbons (Fsp3) is 0.667. The maximum absolute atomic E-state index is 11.3. The highest BCUT2D eigenvalue weighted by Gasteiger charge is 1.94. The lowest BCUT2D eigenvalue weighted by molar-refractivity contribution is 0.152. The summed E-state index contributed by atoms with van der Waals surface area (Å²) in [5.41, 5.74) is 0. The standard InChI is InChI=1S/C6H10F2/c1-2-3-4-5-6(7)8/h3-4,6H,2,5H2,1H3. The summed E-state index contributed by atoms with van der Waals surface area (Å²) in [6.07, 6.45) is 1.80. The first-order valence-electron chi connectivity index (χ1n) is 2.70. The highest BCUT2D eigenvalue weighted by Crippen LogP contribution is 1.99. The summed E-state index contributed by atoms with van der Waals surface area (Å²) in [6.45, 7) is 1.92. The van der Waals surface area contributed by atoms with E-state index in [1.54, 1.807) is 6.08 Å². The first kappa shape index (κ1) is 7.60. The fourth-order valence-corrected chi connectivity index (χ4v) is 0.366. The van der Waals surface area contributed by atoms with E-state index in [-0.39, 0.29) is 6.42 Å². The van der Waals surface area contributed by atoms with Gasteiger partial charge in [-0.15, -0.1) is 0 Å². The van der Waals surface area contributed by atoms with Crippen molar-refractivity contribution in [2.75, 3.05) is 0 Å². The van der Waals surface area contributed by atoms with Crippen molar-refractivity contribution in [3.05, 3.63) is 12.2 Å². The highest BCUT2D eigenvalue weighted by molar-refractivity contribution is 4.80. The number of allylic oxidation sites excluding steroid dienone is 2. The van der Waals surface area contributed by atoms with Crippen molar-refractivity contribution in [2.45, 2.75) is 26.2 Å². The summed E-state index contributed by atoms with van der Waals surface area (Å²) >= 11 is 0. The molecule has 0 radical (unpaired) electrons. The molecule has 0 aliphatic rings. The third kappa shape index (κ3) is 5.60. The molecule has 0 saturated heterocycles. The van der Waals surface area contributed by atoms with E-state index in [4.69, 9.17) is 0 Å². The summed E-state index contributed by atoms with van der Waals surface area (Å²) in [6, 6.07) is 0. The normalized spacial score (nSPS) is 11.5. The van der Waals surface area contributed by atoms with Gasteiger partial charge in [0.25, 0.3) is 0 Å². The molecule has 0 fully saturated rings. The molecule has 0 unspecified atom stereocenters. The van der Waals surface area contributed by atoms with Gasteiger partial charge in [0, 0.05) is 6.42 Å². The zero-order valence-corrected chi connectivity index (χ0v) is 4.90. The minimum absolute atomic E-state index is 0.103. The Morgan fingerprint density at radius 1 is 1.38 bits per heavy atom. The van der Waals surface area contributed by atoms with Crippen LogP contribution in [-0.2, 0) is 0 Å². The molecule has 0 aliphatic carbocycles. The van der Waals surface area contributed by atoms with E-state index >= 15 is 0 Å². The maximum atomic E-state index is 11.3. The van der Waals surface area contributed by atoms with E-state index in [2.05, 4.69) is 0 Å². The van der Waals surface area contributed by atoms with Crippen molar-refractivity contribution in [2.24, 2.45) is 0 Å². The van der Waals surface area contributed by atoms with Crippen LogP contribution in [0.5, 0.6) is 0 Å². The smallest absolute Gasteiger partial charge is 0.210 e. The van der Waals surface area contributed by atoms with Gasteiger partial charge in [-0.2, -0.15) is 0 Å². The van der Waals surface area contributed by atoms with Gasteiger partial charge in [-0.3, -0.25) is 0 Å². The lowest BCUT2D eigenvalue weighted by Crippen LogP contribution is -1.83. The quantitative estimate of drug-likeness (QED) is 0.502. The van der Waals surface area contributed by atoms with Gasteiger partial charge in [-0.25, -0.2) is 8.78 Å². The Morgan fingerprint density at radius 3 is 2.38 bits per heavy atom. The molecule has 0 saturated carbocycles. The van der Waals surface area contributed by atoms with E-state index in [0.29, 0.717) is 0 Å². The Morgan fingerprint density at radius 2 is 2.00 bits per heavy atom. The molecule has 0 bridgehead atoms. The Bertz CT molecular complexity index is 66.9. The van der Waals surface area contributed by atoms with E-state index < -0.39 is 6.43 Å². The van der Waals surface area contributed by atoms with Gasteiger partial charge in [-0.05, 0) is 6.42 Å². The number of halogens is 2. The van der Waals surface area contributed by atoms with Gasteiger partial charge in [0.1, 0.15) is 0 Å². The van der Waals surface area contributed by atoms with Gasteiger partial charge in [0.2, 0.25) is 6.43 Å². The SMILES string of the molecule is CCC=CCC(F)F. The van der Waals surface area contributed by atoms with Gasteiger partial charge < -0.3 is 0 Å². The highest BCUT2D eigenvalue weighted by atomic mass is 19.3. The monoisotopic (exact) mass is 120 g/mol. The third-order valence-corrected chi connectivity index (χ3v) is 0.717. The van der Waals surface area contributed by atoms with Crippen LogP contribution in [0.1, 0.15) is 19.8 Å². The van der Waals surface area contributed by atoms with Crippen LogP contribution in [0.25, 0.3) is 0 Å². The van der Waals surface area contributed by atoms with Crippen LogP contribution in [0.4, 0.5) is 8.78 Å². The molecule has 0 rings (SSSR count). The second kappa shape index (κ2) is 4.75. The Balaban J connectivity index is 3.03. The van der Waals surface area contributed by atoms with E-state index in [1.807, 2.05) is 6.92 Å². The van der Waals surface area contributed by atoms with Crippen LogP contribution in [-0.4, -0.2) is 6.43 Å². The molecule has 0 aromatic rings. The van der Waals surface area contributed by atoms with Crippen molar-refractivity contribution >= 4 is 0 Å². The van der Waals surface area contributed by atoms with Crippen LogP contribution >= 0.6 is 0 Å². The minimum atomic E-state index is -2.18. The average Bonchev–Trinajstić information content (AvgIpc) is 1.66. The third-order valence-electron chi connectivity index (χ3n) is 0.717. The largest absolute Gasteiger partial charge is 0.242 e. The summed E-state index contributed by atoms with van der Waals surface area (Å²) in [5.74, 6) is 0. The molecule has 2 heteroatoms. The molecular weight excluding hydrogens is 110 g/mol. The zero-order chi connectivity index (χ0) is 6.41. The lowest BCUT2D eigenvalue weighted by atomic mass is 10.3. The van der Waals surface area contributed by atoms with Crippen molar-refractivity contribution in [3.63, 3.8) is 0 Å². The van der Waals surface area contributed by atoms with Crippen LogP contribution in [0.2, 0.25) is 0 Å². The molecule has 0 amide bonds. The van der Waals surface area contributed by atoms with Gasteiger partial charge in [0.05, 0.1) is 0 Å². The van der Waals surface area contributed by atoms with Gasteiger partial charge >= 0.3 is 0 Å². The van der Waals surface area contributed by atoms with Crippen LogP contribution in [0.15, 0.2) is 12.2 Å². The minimum Gasteiger partial charge on any atom is -0.210 e. The summed E-state index contributed by atoms with van der Waals surface area (Å²) in [5, 5.41) is 0. The summed E-state index contributed by atoms with van der Waals surface area (Å²) in [7, 11) is 0. The Kier molecular flexibility index (Phi) is 4.51. The van der Waals surface area contributed by atoms with Crippen molar-refractivity contribution in [3.8, 4) is 0 Å². The molecule has 0 aromatic carbocycles. The van der Waals surface area contributed by atoms with Crippen LogP contribution in [0.3, 0.4) is 0 Å². The summed E-state index contributed by atoms with van der Waals surface area (Å²) in [4.78, 5) is 0. The first-order valence-corrected chi connectivity index (χ1v) is 2.70.